The highest BCUT2D eigenvalue weighted by Gasteiger charge is 2.45. The van der Waals surface area contributed by atoms with E-state index in [0.717, 1.165) is 6.42 Å². The fourth-order valence-corrected chi connectivity index (χ4v) is 4.55. The van der Waals surface area contributed by atoms with Crippen molar-refractivity contribution in [2.75, 3.05) is 21.3 Å². The van der Waals surface area contributed by atoms with Crippen molar-refractivity contribution in [3.05, 3.63) is 27.9 Å². The summed E-state index contributed by atoms with van der Waals surface area (Å²) in [6.45, 7) is 1.86. The zero-order chi connectivity index (χ0) is 21.2. The highest BCUT2D eigenvalue weighted by molar-refractivity contribution is 6.01. The van der Waals surface area contributed by atoms with Gasteiger partial charge in [-0.25, -0.2) is 0 Å². The smallest absolute Gasteiger partial charge is 0.208 e. The molecule has 158 valence electrons. The van der Waals surface area contributed by atoms with Crippen LogP contribution in [0.25, 0.3) is 21.9 Å². The van der Waals surface area contributed by atoms with Gasteiger partial charge in [0.25, 0.3) is 0 Å². The molecule has 2 aromatic carbocycles. The lowest BCUT2D eigenvalue weighted by Crippen LogP contribution is -2.43. The van der Waals surface area contributed by atoms with Gasteiger partial charge in [-0.1, -0.05) is 0 Å². The Morgan fingerprint density at radius 1 is 1.10 bits per heavy atom. The lowest BCUT2D eigenvalue weighted by molar-refractivity contribution is -0.243. The van der Waals surface area contributed by atoms with Gasteiger partial charge in [0.2, 0.25) is 17.0 Å². The van der Waals surface area contributed by atoms with E-state index in [-0.39, 0.29) is 39.2 Å². The first kappa shape index (κ1) is 18.9. The predicted molar refractivity (Wildman–Crippen MR) is 108 cm³/mol. The molecule has 0 spiro atoms. The monoisotopic (exact) mass is 414 g/mol. The molecule has 0 aliphatic carbocycles. The third-order valence-electron chi connectivity index (χ3n) is 5.88. The quantitative estimate of drug-likeness (QED) is 0.642. The van der Waals surface area contributed by atoms with Crippen molar-refractivity contribution >= 4 is 21.9 Å². The zero-order valence-electron chi connectivity index (χ0n) is 17.2. The summed E-state index contributed by atoms with van der Waals surface area (Å²) >= 11 is 0. The molecule has 1 aromatic heterocycles. The van der Waals surface area contributed by atoms with Crippen molar-refractivity contribution in [1.82, 2.24) is 0 Å². The minimum Gasteiger partial charge on any atom is -0.506 e. The fraction of sp³-hybridized carbons (Fsp3) is 0.409. The molecule has 2 aliphatic rings. The van der Waals surface area contributed by atoms with E-state index in [1.165, 1.54) is 21.3 Å². The highest BCUT2D eigenvalue weighted by atomic mass is 16.7. The fourth-order valence-electron chi connectivity index (χ4n) is 4.55. The van der Waals surface area contributed by atoms with E-state index in [1.54, 1.807) is 12.1 Å². The summed E-state index contributed by atoms with van der Waals surface area (Å²) < 4.78 is 34.6. The lowest BCUT2D eigenvalue weighted by Gasteiger charge is -2.44. The number of methoxy groups -OCH3 is 3. The van der Waals surface area contributed by atoms with E-state index >= 15 is 0 Å². The summed E-state index contributed by atoms with van der Waals surface area (Å²) in [7, 11) is 4.40. The van der Waals surface area contributed by atoms with Crippen molar-refractivity contribution < 1.29 is 33.2 Å². The van der Waals surface area contributed by atoms with E-state index in [1.807, 2.05) is 6.92 Å². The molecule has 2 atom stereocenters. The maximum atomic E-state index is 13.6. The topological polar surface area (TPSA) is 96.6 Å². The summed E-state index contributed by atoms with van der Waals surface area (Å²) in [6, 6.07) is 3.27. The summed E-state index contributed by atoms with van der Waals surface area (Å²) in [5.41, 5.74) is 0.345. The second-order valence-electron chi connectivity index (χ2n) is 7.67. The van der Waals surface area contributed by atoms with Crippen LogP contribution in [0.2, 0.25) is 0 Å². The molecule has 8 heteroatoms. The molecule has 30 heavy (non-hydrogen) atoms. The molecule has 3 aromatic rings. The molecule has 0 amide bonds. The molecule has 1 N–H and O–H groups in total. The Kier molecular flexibility index (Phi) is 4.05. The maximum absolute atomic E-state index is 13.6. The maximum Gasteiger partial charge on any atom is 0.208 e. The predicted octanol–water partition coefficient (Wildman–Crippen LogP) is 4.03. The van der Waals surface area contributed by atoms with Crippen molar-refractivity contribution in [3.8, 4) is 28.7 Å². The van der Waals surface area contributed by atoms with Crippen LogP contribution < -0.4 is 24.4 Å². The van der Waals surface area contributed by atoms with Crippen molar-refractivity contribution in [1.29, 1.82) is 0 Å². The van der Waals surface area contributed by atoms with Crippen molar-refractivity contribution in [2.24, 2.45) is 0 Å². The minimum atomic E-state index is -0.822. The molecule has 1 fully saturated rings. The number of benzene rings is 2. The van der Waals surface area contributed by atoms with E-state index in [2.05, 4.69) is 0 Å². The number of ether oxygens (including phenoxy) is 5. The number of phenolic OH excluding ortho intramolecular Hbond substituents is 1. The standard InChI is InChI=1S/C22H22O8/c1-22-9-5-6-11(29-22)14-17(24)15-16(23)13-10(7-8-12(25-2)18(13)26-3)28-19(15)21(27-4)20(14)30-22/h7-8,11,24H,5-6,9H2,1-4H3/t11-,22-/m1/s1. The summed E-state index contributed by atoms with van der Waals surface area (Å²) in [5, 5.41) is 11.4. The van der Waals surface area contributed by atoms with Gasteiger partial charge in [0, 0.05) is 13.3 Å². The van der Waals surface area contributed by atoms with Gasteiger partial charge in [-0.15, -0.1) is 0 Å². The third kappa shape index (κ3) is 2.40. The van der Waals surface area contributed by atoms with Crippen LogP contribution in [0.1, 0.15) is 37.9 Å². The second kappa shape index (κ2) is 6.43. The Hall–Kier alpha value is -3.13. The van der Waals surface area contributed by atoms with Crippen LogP contribution in [0.5, 0.6) is 28.7 Å². The average Bonchev–Trinajstić information content (AvgIpc) is 2.72. The Balaban J connectivity index is 1.95. The number of rotatable bonds is 3. The molecule has 8 nitrogen and oxygen atoms in total. The van der Waals surface area contributed by atoms with Crippen LogP contribution in [-0.4, -0.2) is 32.2 Å². The molecule has 2 aliphatic heterocycles. The molecular weight excluding hydrogens is 392 g/mol. The van der Waals surface area contributed by atoms with E-state index in [9.17, 15) is 9.90 Å². The first-order valence-electron chi connectivity index (χ1n) is 9.73. The highest BCUT2D eigenvalue weighted by Crippen LogP contribution is 2.56. The second-order valence-corrected chi connectivity index (χ2v) is 7.67. The van der Waals surface area contributed by atoms with Crippen molar-refractivity contribution in [2.45, 2.75) is 38.1 Å². The van der Waals surface area contributed by atoms with Gasteiger partial charge in [0.05, 0.1) is 33.0 Å². The van der Waals surface area contributed by atoms with Gasteiger partial charge in [-0.2, -0.15) is 0 Å². The van der Waals surface area contributed by atoms with E-state index in [0.29, 0.717) is 29.9 Å². The number of aromatic hydroxyl groups is 1. The van der Waals surface area contributed by atoms with E-state index < -0.39 is 17.3 Å². The molecular formula is C22H22O8. The Morgan fingerprint density at radius 3 is 2.57 bits per heavy atom. The van der Waals surface area contributed by atoms with Crippen LogP contribution in [0.15, 0.2) is 21.3 Å². The third-order valence-corrected chi connectivity index (χ3v) is 5.88. The minimum absolute atomic E-state index is 0.00831. The van der Waals surface area contributed by atoms with Crippen LogP contribution in [0.3, 0.4) is 0 Å². The summed E-state index contributed by atoms with van der Waals surface area (Å²) in [5.74, 6) is 0.180. The van der Waals surface area contributed by atoms with Gasteiger partial charge in [-0.05, 0) is 25.0 Å². The first-order chi connectivity index (χ1) is 14.4. The van der Waals surface area contributed by atoms with Crippen LogP contribution in [0.4, 0.5) is 0 Å². The molecule has 0 radical (unpaired) electrons. The Morgan fingerprint density at radius 2 is 1.87 bits per heavy atom. The van der Waals surface area contributed by atoms with Gasteiger partial charge in [0.1, 0.15) is 22.1 Å². The number of phenols is 1. The normalized spacial score (nSPS) is 22.5. The number of hydrogen-bond donors (Lipinski definition) is 1. The first-order valence-corrected chi connectivity index (χ1v) is 9.73. The van der Waals surface area contributed by atoms with Gasteiger partial charge in [0.15, 0.2) is 22.8 Å². The number of hydrogen-bond acceptors (Lipinski definition) is 8. The SMILES string of the molecule is COc1ccc2oc3c(OC)c4c(c(O)c3c(=O)c2c1OC)[C@H]1CCC[C@@](C)(O4)O1. The molecule has 5 rings (SSSR count). The Labute approximate surface area is 171 Å². The number of fused-ring (bicyclic) bond motifs is 6. The summed E-state index contributed by atoms with van der Waals surface area (Å²) in [4.78, 5) is 13.6. The average molecular weight is 414 g/mol. The van der Waals surface area contributed by atoms with Crippen LogP contribution in [-0.2, 0) is 4.74 Å². The van der Waals surface area contributed by atoms with E-state index in [4.69, 9.17) is 28.1 Å². The lowest BCUT2D eigenvalue weighted by atomic mass is 9.91. The van der Waals surface area contributed by atoms with Crippen LogP contribution >= 0.6 is 0 Å². The molecule has 0 unspecified atom stereocenters. The summed E-state index contributed by atoms with van der Waals surface area (Å²) in [6.07, 6.45) is 1.87. The molecule has 2 bridgehead atoms. The largest absolute Gasteiger partial charge is 0.506 e. The van der Waals surface area contributed by atoms with Gasteiger partial charge in [-0.3, -0.25) is 4.79 Å². The van der Waals surface area contributed by atoms with Gasteiger partial charge >= 0.3 is 0 Å². The molecule has 3 heterocycles. The molecule has 0 saturated carbocycles. The van der Waals surface area contributed by atoms with Crippen LogP contribution in [0, 0.1) is 0 Å². The van der Waals surface area contributed by atoms with Crippen molar-refractivity contribution in [3.63, 3.8) is 0 Å². The molecule has 1 saturated heterocycles. The Bertz CT molecular complexity index is 1240. The zero-order valence-corrected chi connectivity index (χ0v) is 17.2. The van der Waals surface area contributed by atoms with Gasteiger partial charge < -0.3 is 33.2 Å².